The Morgan fingerprint density at radius 1 is 1.24 bits per heavy atom. The van der Waals surface area contributed by atoms with Crippen LogP contribution in [0, 0.1) is 0 Å². The Kier molecular flexibility index (Phi) is 9.09. The van der Waals surface area contributed by atoms with Gasteiger partial charge in [-0.3, -0.25) is 9.05 Å². The summed E-state index contributed by atoms with van der Waals surface area (Å²) in [7, 11) is -3.69. The minimum absolute atomic E-state index is 0.188. The summed E-state index contributed by atoms with van der Waals surface area (Å²) in [5.41, 5.74) is 0. The highest BCUT2D eigenvalue weighted by molar-refractivity contribution is 7.47. The van der Waals surface area contributed by atoms with Crippen molar-refractivity contribution in [3.63, 3.8) is 0 Å². The summed E-state index contributed by atoms with van der Waals surface area (Å²) in [4.78, 5) is 10.9. The number of phosphoric acid groups is 1. The smallest absolute Gasteiger partial charge is 0.374 e. The lowest BCUT2D eigenvalue weighted by molar-refractivity contribution is 0.161. The molecule has 0 atom stereocenters. The summed E-state index contributed by atoms with van der Waals surface area (Å²) < 4.78 is 19.2. The number of rotatable bonds is 5. The van der Waals surface area contributed by atoms with E-state index in [1.54, 1.807) is 13.8 Å². The third-order valence-corrected chi connectivity index (χ3v) is 3.04. The normalized spacial score (nSPS) is 14.5. The van der Waals surface area contributed by atoms with Crippen molar-refractivity contribution in [2.45, 2.75) is 20.8 Å². The Bertz CT molecular complexity index is 281. The topological polar surface area (TPSA) is 59.0 Å². The van der Waals surface area contributed by atoms with Gasteiger partial charge in [0.15, 0.2) is 0 Å². The number of allylic oxidation sites excluding steroid dienone is 2. The average molecular weight is 263 g/mol. The fraction of sp³-hybridized carbons (Fsp3) is 0.636. The summed E-state index contributed by atoms with van der Waals surface area (Å²) in [6.07, 6.45) is 8.41. The van der Waals surface area contributed by atoms with E-state index in [9.17, 15) is 4.57 Å². The monoisotopic (exact) mass is 263 g/mol. The lowest BCUT2D eigenvalue weighted by Crippen LogP contribution is -2.17. The van der Waals surface area contributed by atoms with Crippen LogP contribution in [0.5, 0.6) is 0 Å². The summed E-state index contributed by atoms with van der Waals surface area (Å²) >= 11 is 0. The van der Waals surface area contributed by atoms with Crippen LogP contribution in [0.25, 0.3) is 0 Å². The molecule has 1 N–H and O–H groups in total. The van der Waals surface area contributed by atoms with Gasteiger partial charge in [0.1, 0.15) is 0 Å². The van der Waals surface area contributed by atoms with E-state index in [0.717, 1.165) is 13.1 Å². The molecule has 0 aromatic carbocycles. The quantitative estimate of drug-likeness (QED) is 0.772. The molecule has 0 aliphatic carbocycles. The van der Waals surface area contributed by atoms with Gasteiger partial charge in [-0.15, -0.1) is 0 Å². The van der Waals surface area contributed by atoms with Crippen LogP contribution in [0.2, 0.25) is 0 Å². The standard InChI is InChI=1S/C7H11N.C4H11O4P/c1-2-8-6-4-3-5-7-8;1-3-7-9(5,6)8-4-2/h3-6H,2,7H2,1H3;3-4H2,1-2H3,(H,5,6). The molecule has 1 heterocycles. The minimum atomic E-state index is -3.69. The first-order valence-corrected chi connectivity index (χ1v) is 7.24. The second kappa shape index (κ2) is 9.42. The lowest BCUT2D eigenvalue weighted by atomic mass is 10.3. The van der Waals surface area contributed by atoms with Gasteiger partial charge < -0.3 is 9.79 Å². The molecule has 17 heavy (non-hydrogen) atoms. The van der Waals surface area contributed by atoms with Gasteiger partial charge in [-0.05, 0) is 33.0 Å². The van der Waals surface area contributed by atoms with E-state index in [4.69, 9.17) is 4.89 Å². The molecule has 6 heteroatoms. The summed E-state index contributed by atoms with van der Waals surface area (Å²) in [5, 5.41) is 0. The zero-order valence-corrected chi connectivity index (χ0v) is 11.6. The lowest BCUT2D eigenvalue weighted by Gasteiger charge is -2.16. The van der Waals surface area contributed by atoms with Gasteiger partial charge in [-0.1, -0.05) is 12.2 Å². The molecular formula is C11H22NO4P. The van der Waals surface area contributed by atoms with E-state index in [0.29, 0.717) is 0 Å². The van der Waals surface area contributed by atoms with E-state index in [1.807, 2.05) is 0 Å². The fourth-order valence-electron chi connectivity index (χ4n) is 1.11. The van der Waals surface area contributed by atoms with Gasteiger partial charge in [0.25, 0.3) is 0 Å². The van der Waals surface area contributed by atoms with Crippen molar-refractivity contribution in [3.8, 4) is 0 Å². The molecule has 100 valence electrons. The molecule has 0 bridgehead atoms. The first kappa shape index (κ1) is 16.4. The zero-order chi connectivity index (χ0) is 13.1. The van der Waals surface area contributed by atoms with Gasteiger partial charge in [0, 0.05) is 13.1 Å². The number of phosphoric ester groups is 1. The molecule has 0 unspecified atom stereocenters. The van der Waals surface area contributed by atoms with E-state index in [2.05, 4.69) is 45.3 Å². The molecule has 0 saturated carbocycles. The van der Waals surface area contributed by atoms with Gasteiger partial charge >= 0.3 is 7.82 Å². The van der Waals surface area contributed by atoms with Gasteiger partial charge in [0.05, 0.1) is 13.2 Å². The molecular weight excluding hydrogens is 241 g/mol. The highest BCUT2D eigenvalue weighted by atomic mass is 31.2. The van der Waals surface area contributed by atoms with Crippen LogP contribution in [0.15, 0.2) is 24.4 Å². The van der Waals surface area contributed by atoms with Crippen molar-refractivity contribution in [1.29, 1.82) is 0 Å². The number of nitrogens with zero attached hydrogens (tertiary/aromatic N) is 1. The van der Waals surface area contributed by atoms with Crippen molar-refractivity contribution >= 4 is 7.82 Å². The molecule has 0 saturated heterocycles. The molecule has 1 aliphatic heterocycles. The molecule has 1 aliphatic rings. The van der Waals surface area contributed by atoms with Crippen molar-refractivity contribution in [2.75, 3.05) is 26.3 Å². The molecule has 0 spiro atoms. The van der Waals surface area contributed by atoms with Crippen LogP contribution in [0.3, 0.4) is 0 Å². The van der Waals surface area contributed by atoms with Crippen LogP contribution in [0.4, 0.5) is 0 Å². The first-order valence-electron chi connectivity index (χ1n) is 5.75. The fourth-order valence-corrected chi connectivity index (χ4v) is 1.83. The molecule has 0 radical (unpaired) electrons. The van der Waals surface area contributed by atoms with Gasteiger partial charge in [-0.2, -0.15) is 0 Å². The maximum atomic E-state index is 10.5. The summed E-state index contributed by atoms with van der Waals surface area (Å²) in [6, 6.07) is 0. The Morgan fingerprint density at radius 3 is 2.12 bits per heavy atom. The number of hydrogen-bond acceptors (Lipinski definition) is 4. The predicted octanol–water partition coefficient (Wildman–Crippen LogP) is 2.55. The Labute approximate surface area is 103 Å². The van der Waals surface area contributed by atoms with E-state index < -0.39 is 7.82 Å². The second-order valence-electron chi connectivity index (χ2n) is 3.16. The largest absolute Gasteiger partial charge is 0.472 e. The van der Waals surface area contributed by atoms with Gasteiger partial charge in [-0.25, -0.2) is 4.57 Å². The van der Waals surface area contributed by atoms with Crippen LogP contribution >= 0.6 is 7.82 Å². The molecule has 1 rings (SSSR count). The predicted molar refractivity (Wildman–Crippen MR) is 68.6 cm³/mol. The van der Waals surface area contributed by atoms with Crippen molar-refractivity contribution < 1.29 is 18.5 Å². The Balaban J connectivity index is 0.000000302. The zero-order valence-electron chi connectivity index (χ0n) is 10.7. The van der Waals surface area contributed by atoms with Crippen LogP contribution in [-0.2, 0) is 13.6 Å². The van der Waals surface area contributed by atoms with E-state index >= 15 is 0 Å². The van der Waals surface area contributed by atoms with Crippen LogP contribution in [0.1, 0.15) is 20.8 Å². The minimum Gasteiger partial charge on any atom is -0.374 e. The highest BCUT2D eigenvalue weighted by Gasteiger charge is 2.17. The van der Waals surface area contributed by atoms with Crippen molar-refractivity contribution in [3.05, 3.63) is 24.4 Å². The summed E-state index contributed by atoms with van der Waals surface area (Å²) in [5.74, 6) is 0. The molecule has 5 nitrogen and oxygen atoms in total. The first-order chi connectivity index (χ1) is 8.05. The molecule has 0 amide bonds. The third-order valence-electron chi connectivity index (χ3n) is 1.87. The maximum absolute atomic E-state index is 10.5. The average Bonchev–Trinajstić information content (AvgIpc) is 2.31. The van der Waals surface area contributed by atoms with E-state index in [1.165, 1.54) is 0 Å². The van der Waals surface area contributed by atoms with Gasteiger partial charge in [0.2, 0.25) is 0 Å². The summed E-state index contributed by atoms with van der Waals surface area (Å²) in [6.45, 7) is 7.97. The Hall–Kier alpha value is -0.610. The number of hydrogen-bond donors (Lipinski definition) is 1. The second-order valence-corrected chi connectivity index (χ2v) is 4.61. The Morgan fingerprint density at radius 2 is 1.82 bits per heavy atom. The molecule has 0 fully saturated rings. The van der Waals surface area contributed by atoms with Crippen LogP contribution < -0.4 is 0 Å². The van der Waals surface area contributed by atoms with Crippen molar-refractivity contribution in [1.82, 2.24) is 4.90 Å². The molecule has 0 aromatic heterocycles. The van der Waals surface area contributed by atoms with Crippen molar-refractivity contribution in [2.24, 2.45) is 0 Å². The number of likely N-dealkylation sites (N-methyl/N-ethyl adjacent to an activating group) is 1. The third kappa shape index (κ3) is 9.12. The van der Waals surface area contributed by atoms with Crippen LogP contribution in [-0.4, -0.2) is 36.1 Å². The SMILES string of the molecule is CCN1C=CC=CC1.CCOP(=O)(O)OCC. The highest BCUT2D eigenvalue weighted by Crippen LogP contribution is 2.42. The molecule has 0 aromatic rings. The van der Waals surface area contributed by atoms with E-state index in [-0.39, 0.29) is 13.2 Å². The maximum Gasteiger partial charge on any atom is 0.472 e.